The molecule has 0 unspecified atom stereocenters. The van der Waals surface area contributed by atoms with E-state index in [9.17, 15) is 0 Å². The molecule has 0 nitrogen and oxygen atoms in total. The van der Waals surface area contributed by atoms with Crippen LogP contribution in [-0.2, 0) is 0 Å². The van der Waals surface area contributed by atoms with Crippen LogP contribution in [0.3, 0.4) is 0 Å². The standard InChI is InChI=1S/C62H126S2Si12/c1-47(2)65(19,20)59(66(21,22)48(3)4)43-44-60(67(23,24)49(5)6,68(25,26)50(7)8)73(59)75(63-57-39-35-55(17)36-40-57)74(76(73,75)64-58-41-37-56(18)38-42-58)61(69(27,28)51(9)10,70(29,30)52(11)12)45-46-62(74,71(31,32)53(13)14)72(33,34)54(15)16/h35-42,47-54H,43-46H2,1-34H3. The summed E-state index contributed by atoms with van der Waals surface area (Å²) in [5.41, 5.74) is 9.25. The van der Waals surface area contributed by atoms with E-state index in [1.807, 2.05) is 0 Å². The molecule has 0 bridgehead atoms. The van der Waals surface area contributed by atoms with Gasteiger partial charge in [0.15, 0.2) is 0 Å². The Morgan fingerprint density at radius 2 is 0.434 bits per heavy atom. The lowest BCUT2D eigenvalue weighted by Crippen LogP contribution is -2.91. The lowest BCUT2D eigenvalue weighted by atomic mass is 10.2. The number of fused-ring (bicyclic) bond motifs is 5. The zero-order valence-corrected chi connectivity index (χ0v) is 70.5. The lowest BCUT2D eigenvalue weighted by molar-refractivity contribution is 0.719. The minimum atomic E-state index is -2.51. The lowest BCUT2D eigenvalue weighted by Gasteiger charge is -2.77. The van der Waals surface area contributed by atoms with E-state index in [0.717, 1.165) is 44.3 Å². The van der Waals surface area contributed by atoms with E-state index in [2.05, 4.69) is 300 Å². The summed E-state index contributed by atoms with van der Waals surface area (Å²) in [6.45, 7) is 102. The van der Waals surface area contributed by atoms with Crippen LogP contribution in [0.5, 0.6) is 0 Å². The van der Waals surface area contributed by atoms with E-state index >= 15 is 0 Å². The minimum absolute atomic E-state index is 0.597. The van der Waals surface area contributed by atoms with Crippen LogP contribution in [0, 0.1) is 13.8 Å². The zero-order valence-electron chi connectivity index (χ0n) is 56.9. The summed E-state index contributed by atoms with van der Waals surface area (Å²) in [6, 6.07) is 21.7. The first-order valence-corrected chi connectivity index (χ1v) is 72.4. The summed E-state index contributed by atoms with van der Waals surface area (Å²) < 4.78 is 2.39. The SMILES string of the molecule is Cc1ccc(S[Si]23[Si]4(C([Si](C)(C)C(C)C)([Si](C)(C)C(C)C)CCC4([Si](C)(C)C(C)C)[Si](C)(C)C(C)C)[Si]2(Sc2ccc(C)cc2)[Si]32C([Si](C)(C)C(C)C)([Si](C)(C)C(C)C)CCC2([Si](C)(C)C(C)C)[Si](C)(C)C(C)C)cc1. The van der Waals surface area contributed by atoms with E-state index in [4.69, 9.17) is 0 Å². The molecule has 0 radical (unpaired) electrons. The van der Waals surface area contributed by atoms with Crippen LogP contribution in [0.15, 0.2) is 58.3 Å². The molecule has 0 saturated carbocycles. The predicted molar refractivity (Wildman–Crippen MR) is 387 cm³/mol. The highest BCUT2D eigenvalue weighted by molar-refractivity contribution is 8.98. The Labute approximate surface area is 494 Å². The van der Waals surface area contributed by atoms with Gasteiger partial charge in [-0.1, -0.05) is 321 Å². The summed E-state index contributed by atoms with van der Waals surface area (Å²) in [5, 5.41) is 0. The Hall–Kier alpha value is 1.74. The average molecular weight is 1270 g/mol. The smallest absolute Gasteiger partial charge is 0.106 e. The van der Waals surface area contributed by atoms with Crippen molar-refractivity contribution in [3.05, 3.63) is 59.7 Å². The predicted octanol–water partition coefficient (Wildman–Crippen LogP) is 23.2. The van der Waals surface area contributed by atoms with Gasteiger partial charge in [-0.3, -0.25) is 0 Å². The van der Waals surface area contributed by atoms with Crippen LogP contribution in [0.1, 0.15) is 148 Å². The van der Waals surface area contributed by atoms with Crippen molar-refractivity contribution in [2.75, 3.05) is 0 Å². The minimum Gasteiger partial charge on any atom is -0.160 e. The first kappa shape index (κ1) is 66.9. The van der Waals surface area contributed by atoms with Crippen LogP contribution in [0.2, 0.25) is 166 Å². The van der Waals surface area contributed by atoms with Gasteiger partial charge >= 0.3 is 0 Å². The van der Waals surface area contributed by atoms with Crippen LogP contribution in [0.25, 0.3) is 0 Å². The van der Waals surface area contributed by atoms with Crippen molar-refractivity contribution in [1.82, 2.24) is 0 Å². The van der Waals surface area contributed by atoms with Gasteiger partial charge in [0.2, 0.25) is 0 Å². The number of aryl methyl sites for hydroxylation is 2. The molecule has 4 heterocycles. The largest absolute Gasteiger partial charge is 0.160 e. The van der Waals surface area contributed by atoms with Crippen molar-refractivity contribution < 1.29 is 0 Å². The van der Waals surface area contributed by atoms with Crippen molar-refractivity contribution in [3.63, 3.8) is 0 Å². The molecule has 4 aliphatic heterocycles. The summed E-state index contributed by atoms with van der Waals surface area (Å²) in [5.74, 6) is -4.99. The van der Waals surface area contributed by atoms with Gasteiger partial charge in [-0.05, 0) is 55.3 Å². The molecule has 0 N–H and O–H groups in total. The van der Waals surface area contributed by atoms with E-state index in [1.165, 1.54) is 11.1 Å². The molecule has 434 valence electrons. The zero-order chi connectivity index (χ0) is 58.8. The maximum Gasteiger partial charge on any atom is 0.106 e. The molecular formula is C62H126S2Si12. The van der Waals surface area contributed by atoms with E-state index in [0.29, 0.717) is 17.1 Å². The molecule has 6 rings (SSSR count). The van der Waals surface area contributed by atoms with Crippen molar-refractivity contribution in [2.24, 2.45) is 0 Å². The Morgan fingerprint density at radius 1 is 0.289 bits per heavy atom. The second kappa shape index (κ2) is 20.2. The van der Waals surface area contributed by atoms with Gasteiger partial charge in [-0.2, -0.15) is 22.4 Å². The summed E-state index contributed by atoms with van der Waals surface area (Å²) in [4.78, 5) is 3.58. The third-order valence-corrected chi connectivity index (χ3v) is 260. The quantitative estimate of drug-likeness (QED) is 0.121. The average Bonchev–Trinajstić information content (AvgIpc) is 3.74. The fourth-order valence-corrected chi connectivity index (χ4v) is 510. The topological polar surface area (TPSA) is 0 Å². The van der Waals surface area contributed by atoms with Crippen LogP contribution in [-0.4, -0.2) is 90.4 Å². The highest BCUT2D eigenvalue weighted by Crippen LogP contribution is 3.09. The molecule has 4 fully saturated rings. The number of hydrogen-bond acceptors (Lipinski definition) is 2. The molecule has 4 aliphatic rings. The Bertz CT molecular complexity index is 2070. The van der Waals surface area contributed by atoms with Gasteiger partial charge in [0.1, 0.15) is 11.6 Å². The first-order valence-electron chi connectivity index (χ1n) is 31.7. The molecular weight excluding hydrogens is 1150 g/mol. The summed E-state index contributed by atoms with van der Waals surface area (Å²) in [6.07, 6.45) is 6.57. The first-order chi connectivity index (χ1) is 34.2. The second-order valence-electron chi connectivity index (χ2n) is 34.3. The second-order valence-corrected chi connectivity index (χ2v) is 140. The number of hydrogen-bond donors (Lipinski definition) is 0. The monoisotopic (exact) mass is 1270 g/mol. The van der Waals surface area contributed by atoms with Crippen molar-refractivity contribution >= 4 is 113 Å². The van der Waals surface area contributed by atoms with Crippen LogP contribution >= 0.6 is 22.4 Å². The van der Waals surface area contributed by atoms with Crippen LogP contribution < -0.4 is 0 Å². The maximum absolute atomic E-state index is 3.19. The van der Waals surface area contributed by atoms with Gasteiger partial charge < -0.3 is 0 Å². The third-order valence-electron chi connectivity index (χ3n) is 29.7. The van der Waals surface area contributed by atoms with Gasteiger partial charge in [-0.25, -0.2) is 0 Å². The van der Waals surface area contributed by atoms with Gasteiger partial charge in [0.25, 0.3) is 0 Å². The normalized spacial score (nSPS) is 25.2. The third kappa shape index (κ3) is 7.18. The summed E-state index contributed by atoms with van der Waals surface area (Å²) in [7, 11) is -21.8. The number of rotatable bonds is 20. The molecule has 2 spiro atoms. The van der Waals surface area contributed by atoms with Crippen molar-refractivity contribution in [3.8, 4) is 0 Å². The fourth-order valence-electron chi connectivity index (χ4n) is 21.9. The molecule has 2 aromatic carbocycles. The molecule has 14 heteroatoms. The number of benzene rings is 2. The maximum atomic E-state index is 3.19. The van der Waals surface area contributed by atoms with E-state index < -0.39 is 90.4 Å². The molecule has 0 amide bonds. The molecule has 2 aromatic rings. The van der Waals surface area contributed by atoms with Crippen molar-refractivity contribution in [2.45, 2.75) is 326 Å². The Kier molecular flexibility index (Phi) is 17.7. The van der Waals surface area contributed by atoms with Crippen molar-refractivity contribution in [1.29, 1.82) is 0 Å². The van der Waals surface area contributed by atoms with E-state index in [1.54, 1.807) is 35.5 Å². The van der Waals surface area contributed by atoms with Crippen LogP contribution in [0.4, 0.5) is 0 Å². The Balaban J connectivity index is 2.28. The Morgan fingerprint density at radius 3 is 0.566 bits per heavy atom. The van der Waals surface area contributed by atoms with Gasteiger partial charge in [0.05, 0.1) is 78.8 Å². The molecule has 4 saturated heterocycles. The van der Waals surface area contributed by atoms with Gasteiger partial charge in [-0.15, -0.1) is 0 Å². The van der Waals surface area contributed by atoms with E-state index in [-0.39, 0.29) is 0 Å². The molecule has 0 atom stereocenters. The highest BCUT2D eigenvalue weighted by Gasteiger charge is 3.28. The molecule has 0 aliphatic carbocycles. The highest BCUT2D eigenvalue weighted by atomic mass is 32.5. The molecule has 76 heavy (non-hydrogen) atoms. The fraction of sp³-hybridized carbons (Fsp3) is 0.806. The van der Waals surface area contributed by atoms with Gasteiger partial charge in [0, 0.05) is 9.79 Å². The summed E-state index contributed by atoms with van der Waals surface area (Å²) >= 11 is 6.04. The molecule has 0 aromatic heterocycles.